The Morgan fingerprint density at radius 3 is 2.68 bits per heavy atom. The van der Waals surface area contributed by atoms with Crippen molar-refractivity contribution in [3.05, 3.63) is 56.6 Å². The second-order valence-electron chi connectivity index (χ2n) is 5.15. The molecule has 0 unspecified atom stereocenters. The van der Waals surface area contributed by atoms with Crippen molar-refractivity contribution in [3.63, 3.8) is 0 Å². The highest BCUT2D eigenvalue weighted by Crippen LogP contribution is 2.25. The van der Waals surface area contributed by atoms with Crippen molar-refractivity contribution in [2.75, 3.05) is 0 Å². The van der Waals surface area contributed by atoms with Gasteiger partial charge in [0.15, 0.2) is 0 Å². The van der Waals surface area contributed by atoms with Crippen LogP contribution in [0.15, 0.2) is 22.7 Å². The van der Waals surface area contributed by atoms with Gasteiger partial charge in [0.25, 0.3) is 0 Å². The van der Waals surface area contributed by atoms with E-state index in [9.17, 15) is 14.3 Å². The van der Waals surface area contributed by atoms with Gasteiger partial charge in [0.05, 0.1) is 6.10 Å². The lowest BCUT2D eigenvalue weighted by Gasteiger charge is -2.07. The van der Waals surface area contributed by atoms with Gasteiger partial charge in [-0.25, -0.2) is 9.18 Å². The number of aliphatic hydroxyl groups excluding tert-OH is 1. The van der Waals surface area contributed by atoms with Gasteiger partial charge in [-0.1, -0.05) is 22.0 Å². The molecule has 4 nitrogen and oxygen atoms in total. The highest BCUT2D eigenvalue weighted by molar-refractivity contribution is 9.10. The molecule has 0 saturated heterocycles. The lowest BCUT2D eigenvalue weighted by atomic mass is 10.1. The molecule has 1 aromatic heterocycles. The summed E-state index contributed by atoms with van der Waals surface area (Å²) in [6, 6.07) is 4.56. The average Bonchev–Trinajstić information content (AvgIpc) is 2.72. The maximum absolute atomic E-state index is 13.7. The van der Waals surface area contributed by atoms with Crippen LogP contribution in [0.2, 0.25) is 0 Å². The Hall–Kier alpha value is -1.66. The van der Waals surface area contributed by atoms with Gasteiger partial charge < -0.3 is 14.8 Å². The van der Waals surface area contributed by atoms with Gasteiger partial charge in [0.2, 0.25) is 0 Å². The fourth-order valence-electron chi connectivity index (χ4n) is 2.45. The zero-order chi connectivity index (χ0) is 16.4. The van der Waals surface area contributed by atoms with Crippen LogP contribution in [0.3, 0.4) is 0 Å². The Labute approximate surface area is 136 Å². The van der Waals surface area contributed by atoms with Crippen LogP contribution in [0.1, 0.15) is 45.9 Å². The number of esters is 1. The summed E-state index contributed by atoms with van der Waals surface area (Å²) in [5.74, 6) is -1.01. The van der Waals surface area contributed by atoms with Crippen LogP contribution in [0, 0.1) is 19.7 Å². The molecule has 1 heterocycles. The molecule has 0 saturated carbocycles. The molecule has 0 bridgehead atoms. The molecule has 22 heavy (non-hydrogen) atoms. The standard InChI is InChI=1S/C16H17BrFNO3/c1-8-14(10(3)20)9(2)19-15(8)16(21)22-7-11-4-5-12(17)6-13(11)18/h4-6,10,19-20H,7H2,1-3H3/t10-/m1/s1. The van der Waals surface area contributed by atoms with E-state index in [2.05, 4.69) is 20.9 Å². The summed E-state index contributed by atoms with van der Waals surface area (Å²) >= 11 is 3.17. The highest BCUT2D eigenvalue weighted by atomic mass is 79.9. The predicted octanol–water partition coefficient (Wildman–Crippen LogP) is 3.94. The van der Waals surface area contributed by atoms with E-state index in [-0.39, 0.29) is 12.3 Å². The molecule has 2 aromatic rings. The number of hydrogen-bond acceptors (Lipinski definition) is 3. The average molecular weight is 370 g/mol. The number of carbonyl (C=O) groups is 1. The number of rotatable bonds is 4. The topological polar surface area (TPSA) is 62.3 Å². The molecule has 0 aliphatic heterocycles. The van der Waals surface area contributed by atoms with E-state index in [1.807, 2.05) is 0 Å². The first-order chi connectivity index (χ1) is 10.3. The Balaban J connectivity index is 2.15. The SMILES string of the molecule is Cc1[nH]c(C(=O)OCc2ccc(Br)cc2F)c(C)c1[C@@H](C)O. The zero-order valence-corrected chi connectivity index (χ0v) is 14.1. The first-order valence-electron chi connectivity index (χ1n) is 6.79. The van der Waals surface area contributed by atoms with Crippen molar-refractivity contribution in [1.82, 2.24) is 4.98 Å². The summed E-state index contributed by atoms with van der Waals surface area (Å²) in [7, 11) is 0. The van der Waals surface area contributed by atoms with E-state index >= 15 is 0 Å². The molecule has 0 aliphatic carbocycles. The smallest absolute Gasteiger partial charge is 0.355 e. The number of halogens is 2. The Kier molecular flexibility index (Phi) is 5.03. The fraction of sp³-hybridized carbons (Fsp3) is 0.312. The van der Waals surface area contributed by atoms with Crippen LogP contribution >= 0.6 is 15.9 Å². The van der Waals surface area contributed by atoms with Crippen LogP contribution in [0.4, 0.5) is 4.39 Å². The number of hydrogen-bond donors (Lipinski definition) is 2. The van der Waals surface area contributed by atoms with E-state index in [0.717, 1.165) is 0 Å². The van der Waals surface area contributed by atoms with Crippen molar-refractivity contribution in [1.29, 1.82) is 0 Å². The third-order valence-electron chi connectivity index (χ3n) is 3.49. The monoisotopic (exact) mass is 369 g/mol. The normalized spacial score (nSPS) is 12.3. The first kappa shape index (κ1) is 16.7. The summed E-state index contributed by atoms with van der Waals surface area (Å²) in [5, 5.41) is 9.72. The van der Waals surface area contributed by atoms with Gasteiger partial charge in [-0.3, -0.25) is 0 Å². The van der Waals surface area contributed by atoms with E-state index in [1.165, 1.54) is 6.07 Å². The second kappa shape index (κ2) is 6.62. The third kappa shape index (κ3) is 3.39. The van der Waals surface area contributed by atoms with Gasteiger partial charge in [0.1, 0.15) is 18.1 Å². The predicted molar refractivity (Wildman–Crippen MR) is 84.1 cm³/mol. The molecule has 6 heteroatoms. The fourth-order valence-corrected chi connectivity index (χ4v) is 2.78. The molecule has 0 radical (unpaired) electrons. The lowest BCUT2D eigenvalue weighted by molar-refractivity contribution is 0.0461. The third-order valence-corrected chi connectivity index (χ3v) is 3.98. The minimum Gasteiger partial charge on any atom is -0.456 e. The first-order valence-corrected chi connectivity index (χ1v) is 7.58. The molecule has 1 aromatic carbocycles. The van der Waals surface area contributed by atoms with Crippen LogP contribution in [0.25, 0.3) is 0 Å². The minimum absolute atomic E-state index is 0.153. The van der Waals surface area contributed by atoms with Gasteiger partial charge in [-0.15, -0.1) is 0 Å². The van der Waals surface area contributed by atoms with Crippen molar-refractivity contribution >= 4 is 21.9 Å². The molecular weight excluding hydrogens is 353 g/mol. The molecule has 0 aliphatic rings. The van der Waals surface area contributed by atoms with Crippen molar-refractivity contribution in [2.24, 2.45) is 0 Å². The highest BCUT2D eigenvalue weighted by Gasteiger charge is 2.21. The number of aryl methyl sites for hydroxylation is 1. The van der Waals surface area contributed by atoms with Crippen molar-refractivity contribution in [3.8, 4) is 0 Å². The second-order valence-corrected chi connectivity index (χ2v) is 6.07. The van der Waals surface area contributed by atoms with E-state index in [1.54, 1.807) is 32.9 Å². The molecular formula is C16H17BrFNO3. The number of nitrogens with one attached hydrogen (secondary N) is 1. The summed E-state index contributed by atoms with van der Waals surface area (Å²) in [4.78, 5) is 15.1. The molecule has 118 valence electrons. The van der Waals surface area contributed by atoms with Gasteiger partial charge in [-0.2, -0.15) is 0 Å². The van der Waals surface area contributed by atoms with Crippen LogP contribution in [0.5, 0.6) is 0 Å². The maximum Gasteiger partial charge on any atom is 0.355 e. The van der Waals surface area contributed by atoms with Crippen LogP contribution in [-0.2, 0) is 11.3 Å². The number of H-pyrrole nitrogens is 1. The molecule has 1 atom stereocenters. The molecule has 2 rings (SSSR count). The Morgan fingerprint density at radius 1 is 1.45 bits per heavy atom. The van der Waals surface area contributed by atoms with Gasteiger partial charge >= 0.3 is 5.97 Å². The maximum atomic E-state index is 13.7. The summed E-state index contributed by atoms with van der Waals surface area (Å²) < 4.78 is 19.5. The number of aromatic nitrogens is 1. The number of ether oxygens (including phenoxy) is 1. The molecule has 0 amide bonds. The van der Waals surface area contributed by atoms with Crippen molar-refractivity contribution in [2.45, 2.75) is 33.5 Å². The quantitative estimate of drug-likeness (QED) is 0.802. The van der Waals surface area contributed by atoms with Gasteiger partial charge in [0, 0.05) is 21.3 Å². The summed E-state index contributed by atoms with van der Waals surface area (Å²) in [5.41, 5.74) is 2.63. The largest absolute Gasteiger partial charge is 0.456 e. The number of benzene rings is 1. The van der Waals surface area contributed by atoms with E-state index in [4.69, 9.17) is 4.74 Å². The molecule has 0 spiro atoms. The number of carbonyl (C=O) groups excluding carboxylic acids is 1. The van der Waals surface area contributed by atoms with Crippen LogP contribution in [-0.4, -0.2) is 16.1 Å². The molecule has 2 N–H and O–H groups in total. The Morgan fingerprint density at radius 2 is 2.14 bits per heavy atom. The lowest BCUT2D eigenvalue weighted by Crippen LogP contribution is -2.08. The van der Waals surface area contributed by atoms with E-state index in [0.29, 0.717) is 26.9 Å². The summed E-state index contributed by atoms with van der Waals surface area (Å²) in [6.07, 6.45) is -0.679. The number of aromatic amines is 1. The van der Waals surface area contributed by atoms with Crippen LogP contribution < -0.4 is 0 Å². The zero-order valence-electron chi connectivity index (χ0n) is 12.5. The van der Waals surface area contributed by atoms with Gasteiger partial charge in [-0.05, 0) is 38.5 Å². The molecule has 0 fully saturated rings. The van der Waals surface area contributed by atoms with Crippen molar-refractivity contribution < 1.29 is 19.0 Å². The van der Waals surface area contributed by atoms with E-state index < -0.39 is 17.9 Å². The summed E-state index contributed by atoms with van der Waals surface area (Å²) in [6.45, 7) is 5.00. The Bertz CT molecular complexity index is 710. The minimum atomic E-state index is -0.679. The number of aliphatic hydroxyl groups is 1.